The predicted molar refractivity (Wildman–Crippen MR) is 93.9 cm³/mol. The molecule has 0 fully saturated rings. The molecule has 1 heterocycles. The monoisotopic (exact) mass is 379 g/mol. The molecule has 1 aliphatic rings. The normalized spacial score (nSPS) is 13.9. The van der Waals surface area contributed by atoms with Gasteiger partial charge in [0.15, 0.2) is 0 Å². The predicted octanol–water partition coefficient (Wildman–Crippen LogP) is 2.53. The van der Waals surface area contributed by atoms with Crippen LogP contribution in [-0.2, 0) is 17.8 Å². The van der Waals surface area contributed by atoms with E-state index in [1.165, 1.54) is 4.90 Å². The quantitative estimate of drug-likeness (QED) is 0.785. The largest absolute Gasteiger partial charge is 0.348 e. The molecule has 8 heteroatoms. The summed E-state index contributed by atoms with van der Waals surface area (Å²) >= 11 is 5.70. The first-order valence-corrected chi connectivity index (χ1v) is 8.26. The average Bonchev–Trinajstić information content (AvgIpc) is 2.98. The maximum absolute atomic E-state index is 13.3. The lowest BCUT2D eigenvalue weighted by molar-refractivity contribution is -0.119. The second-order valence-corrected chi connectivity index (χ2v) is 6.28. The Balaban J connectivity index is 1.78. The van der Waals surface area contributed by atoms with Crippen LogP contribution in [0.15, 0.2) is 36.4 Å². The van der Waals surface area contributed by atoms with Crippen LogP contribution in [0.25, 0.3) is 0 Å². The minimum Gasteiger partial charge on any atom is -0.348 e. The van der Waals surface area contributed by atoms with E-state index in [0.29, 0.717) is 23.4 Å². The second kappa shape index (κ2) is 7.39. The Morgan fingerprint density at radius 1 is 1.27 bits per heavy atom. The highest BCUT2D eigenvalue weighted by Crippen LogP contribution is 2.23. The van der Waals surface area contributed by atoms with Crippen LogP contribution in [0.2, 0.25) is 0 Å². The molecule has 0 saturated heterocycles. The van der Waals surface area contributed by atoms with Crippen molar-refractivity contribution >= 4 is 29.3 Å². The fourth-order valence-electron chi connectivity index (χ4n) is 2.93. The number of halogens is 3. The zero-order valence-electron chi connectivity index (χ0n) is 13.9. The Bertz CT molecular complexity index is 855. The van der Waals surface area contributed by atoms with E-state index in [-0.39, 0.29) is 18.2 Å². The molecular formula is C18H16ClF2N3O2. The maximum Gasteiger partial charge on any atom is 0.251 e. The van der Waals surface area contributed by atoms with E-state index >= 15 is 0 Å². The Morgan fingerprint density at radius 3 is 2.62 bits per heavy atom. The van der Waals surface area contributed by atoms with E-state index in [1.807, 2.05) is 0 Å². The van der Waals surface area contributed by atoms with Gasteiger partial charge in [-0.25, -0.2) is 13.6 Å². The second-order valence-electron chi connectivity index (χ2n) is 6.06. The first-order valence-electron chi connectivity index (χ1n) is 7.89. The molecular weight excluding hydrogens is 364 g/mol. The van der Waals surface area contributed by atoms with E-state index in [4.69, 9.17) is 11.8 Å². The van der Waals surface area contributed by atoms with E-state index in [0.717, 1.165) is 23.8 Å². The molecule has 26 heavy (non-hydrogen) atoms. The first-order chi connectivity index (χ1) is 12.4. The number of likely N-dealkylation sites (N-methyl/N-ethyl adjacent to an activating group) is 1. The van der Waals surface area contributed by atoms with Crippen molar-refractivity contribution < 1.29 is 18.4 Å². The molecule has 2 amide bonds. The van der Waals surface area contributed by atoms with Crippen LogP contribution in [0, 0.1) is 11.6 Å². The van der Waals surface area contributed by atoms with Gasteiger partial charge in [0.1, 0.15) is 17.7 Å². The molecule has 0 bridgehead atoms. The summed E-state index contributed by atoms with van der Waals surface area (Å²) in [5.41, 5.74) is 2.28. The van der Waals surface area contributed by atoms with Gasteiger partial charge in [-0.15, -0.1) is 0 Å². The lowest BCUT2D eigenvalue weighted by atomic mass is 10.0. The van der Waals surface area contributed by atoms with Crippen molar-refractivity contribution in [1.82, 2.24) is 10.2 Å². The lowest BCUT2D eigenvalue weighted by Crippen LogP contribution is -2.43. The van der Waals surface area contributed by atoms with Gasteiger partial charge < -0.3 is 10.2 Å². The van der Waals surface area contributed by atoms with Crippen molar-refractivity contribution in [2.24, 2.45) is 0 Å². The number of rotatable bonds is 5. The minimum atomic E-state index is -0.879. The van der Waals surface area contributed by atoms with Crippen LogP contribution < -0.4 is 15.1 Å². The van der Waals surface area contributed by atoms with Crippen LogP contribution in [0.5, 0.6) is 0 Å². The van der Waals surface area contributed by atoms with E-state index in [2.05, 4.69) is 10.2 Å². The third-order valence-electron chi connectivity index (χ3n) is 4.28. The van der Waals surface area contributed by atoms with Gasteiger partial charge in [-0.05, 0) is 59.7 Å². The van der Waals surface area contributed by atoms with E-state index in [1.54, 1.807) is 25.2 Å². The smallest absolute Gasteiger partial charge is 0.251 e. The highest BCUT2D eigenvalue weighted by Gasteiger charge is 2.25. The zero-order chi connectivity index (χ0) is 18.8. The minimum absolute atomic E-state index is 0.0202. The molecule has 3 rings (SSSR count). The summed E-state index contributed by atoms with van der Waals surface area (Å²) in [6.45, 7) is 0.407. The topological polar surface area (TPSA) is 61.4 Å². The summed E-state index contributed by atoms with van der Waals surface area (Å²) < 4.78 is 26.7. The molecule has 136 valence electrons. The van der Waals surface area contributed by atoms with Gasteiger partial charge in [0.05, 0.1) is 0 Å². The van der Waals surface area contributed by atoms with Gasteiger partial charge in [0.25, 0.3) is 5.91 Å². The third-order valence-corrected chi connectivity index (χ3v) is 4.55. The van der Waals surface area contributed by atoms with E-state index in [9.17, 15) is 18.4 Å². The number of benzene rings is 2. The standard InChI is InChI=1S/C18H16ClF2N3O2/c1-24(14-2-3-15-11(7-14)9-22-17(15)25)18(26)16(23-19)6-10-4-12(20)8-13(21)5-10/h2-5,7-8,16,23H,6,9H2,1H3,(H,22,25)/t16-/m0/s1. The van der Waals surface area contributed by atoms with Gasteiger partial charge >= 0.3 is 0 Å². The number of nitrogens with zero attached hydrogens (tertiary/aromatic N) is 1. The highest BCUT2D eigenvalue weighted by molar-refractivity contribution is 6.16. The number of carbonyl (C=O) groups is 2. The lowest BCUT2D eigenvalue weighted by Gasteiger charge is -2.23. The average molecular weight is 380 g/mol. The number of fused-ring (bicyclic) bond motifs is 1. The molecule has 0 saturated carbocycles. The molecule has 0 spiro atoms. The summed E-state index contributed by atoms with van der Waals surface area (Å²) in [6.07, 6.45) is 0.0202. The van der Waals surface area contributed by atoms with Crippen molar-refractivity contribution in [3.63, 3.8) is 0 Å². The Labute approximate surface area is 154 Å². The van der Waals surface area contributed by atoms with Crippen LogP contribution in [0.3, 0.4) is 0 Å². The number of carbonyl (C=O) groups excluding carboxylic acids is 2. The van der Waals surface area contributed by atoms with Gasteiger partial charge in [0, 0.05) is 30.9 Å². The Hall–Kier alpha value is -2.51. The van der Waals surface area contributed by atoms with Crippen LogP contribution in [-0.4, -0.2) is 24.9 Å². The van der Waals surface area contributed by atoms with Crippen LogP contribution >= 0.6 is 11.8 Å². The summed E-state index contributed by atoms with van der Waals surface area (Å²) in [6, 6.07) is 7.26. The van der Waals surface area contributed by atoms with Crippen molar-refractivity contribution in [3.05, 3.63) is 64.7 Å². The van der Waals surface area contributed by atoms with Crippen LogP contribution in [0.4, 0.5) is 14.5 Å². The molecule has 5 nitrogen and oxygen atoms in total. The fraction of sp³-hybridized carbons (Fsp3) is 0.222. The molecule has 0 radical (unpaired) electrons. The molecule has 2 aromatic rings. The number of nitrogens with one attached hydrogen (secondary N) is 2. The SMILES string of the molecule is CN(C(=O)[C@H](Cc1cc(F)cc(F)c1)NCl)c1ccc2c(c1)CNC2=O. The van der Waals surface area contributed by atoms with Crippen molar-refractivity contribution in [1.29, 1.82) is 0 Å². The van der Waals surface area contributed by atoms with Crippen LogP contribution in [0.1, 0.15) is 21.5 Å². The Kier molecular flexibility index (Phi) is 5.20. The Morgan fingerprint density at radius 2 is 1.96 bits per heavy atom. The number of hydrogen-bond donors (Lipinski definition) is 2. The highest BCUT2D eigenvalue weighted by atomic mass is 35.5. The number of anilines is 1. The van der Waals surface area contributed by atoms with Crippen molar-refractivity contribution in [3.8, 4) is 0 Å². The molecule has 1 aliphatic heterocycles. The summed E-state index contributed by atoms with van der Waals surface area (Å²) in [4.78, 5) is 28.1. The molecule has 1 atom stereocenters. The maximum atomic E-state index is 13.3. The molecule has 0 aliphatic carbocycles. The fourth-order valence-corrected chi connectivity index (χ4v) is 3.10. The van der Waals surface area contributed by atoms with E-state index < -0.39 is 17.7 Å². The molecule has 2 aromatic carbocycles. The van der Waals surface area contributed by atoms with Gasteiger partial charge in [-0.2, -0.15) is 0 Å². The van der Waals surface area contributed by atoms with Crippen molar-refractivity contribution in [2.75, 3.05) is 11.9 Å². The molecule has 0 unspecified atom stereocenters. The third kappa shape index (κ3) is 3.68. The number of hydrogen-bond acceptors (Lipinski definition) is 3. The number of amides is 2. The zero-order valence-corrected chi connectivity index (χ0v) is 14.6. The summed E-state index contributed by atoms with van der Waals surface area (Å²) in [5, 5.41) is 2.71. The van der Waals surface area contributed by atoms with Gasteiger partial charge in [-0.3, -0.25) is 9.59 Å². The van der Waals surface area contributed by atoms with Gasteiger partial charge in [-0.1, -0.05) is 0 Å². The summed E-state index contributed by atoms with van der Waals surface area (Å²) in [7, 11) is 1.57. The first kappa shape index (κ1) is 18.3. The molecule has 2 N–H and O–H groups in total. The van der Waals surface area contributed by atoms with Gasteiger partial charge in [0.2, 0.25) is 5.91 Å². The molecule has 0 aromatic heterocycles. The van der Waals surface area contributed by atoms with Crippen molar-refractivity contribution in [2.45, 2.75) is 19.0 Å². The summed E-state index contributed by atoms with van der Waals surface area (Å²) in [5.74, 6) is -1.95.